The van der Waals surface area contributed by atoms with Gasteiger partial charge in [-0.3, -0.25) is 4.79 Å². The van der Waals surface area contributed by atoms with E-state index in [0.29, 0.717) is 28.2 Å². The van der Waals surface area contributed by atoms with Crippen LogP contribution in [-0.4, -0.2) is 30.3 Å². The standard InChI is InChI=1S/C25H18BrIN2O6/c1-33-21-9-15(8-19(27)23(21)34-13-14-3-2-4-16(7-14)25(31)32)12-28-29-24(30)22-11-17-10-18(26)5-6-20(17)35-22/h2-12H,13H2,1H3,(H,29,30)(H,31,32)/b28-12+. The molecule has 8 nitrogen and oxygen atoms in total. The Morgan fingerprint density at radius 1 is 1.17 bits per heavy atom. The van der Waals surface area contributed by atoms with Crippen molar-refractivity contribution in [3.05, 3.63) is 91.2 Å². The zero-order chi connectivity index (χ0) is 24.9. The van der Waals surface area contributed by atoms with Crippen molar-refractivity contribution >= 4 is 67.6 Å². The van der Waals surface area contributed by atoms with Crippen molar-refractivity contribution in [1.29, 1.82) is 0 Å². The van der Waals surface area contributed by atoms with E-state index in [0.717, 1.165) is 13.4 Å². The molecule has 0 aliphatic carbocycles. The number of ether oxygens (including phenoxy) is 2. The van der Waals surface area contributed by atoms with Crippen LogP contribution in [0.1, 0.15) is 32.0 Å². The Kier molecular flexibility index (Phi) is 7.71. The number of carbonyl (C=O) groups is 2. The van der Waals surface area contributed by atoms with Crippen LogP contribution in [0.3, 0.4) is 0 Å². The predicted molar refractivity (Wildman–Crippen MR) is 142 cm³/mol. The zero-order valence-electron chi connectivity index (χ0n) is 18.2. The lowest BCUT2D eigenvalue weighted by Crippen LogP contribution is -2.16. The Labute approximate surface area is 222 Å². The van der Waals surface area contributed by atoms with E-state index in [2.05, 4.69) is 49.0 Å². The summed E-state index contributed by atoms with van der Waals surface area (Å²) >= 11 is 5.50. The number of amides is 1. The van der Waals surface area contributed by atoms with Gasteiger partial charge in [-0.2, -0.15) is 5.10 Å². The average Bonchev–Trinajstić information content (AvgIpc) is 3.26. The molecule has 0 fully saturated rings. The number of halogens is 2. The number of carbonyl (C=O) groups excluding carboxylic acids is 1. The van der Waals surface area contributed by atoms with Crippen molar-refractivity contribution in [1.82, 2.24) is 5.43 Å². The van der Waals surface area contributed by atoms with Crippen molar-refractivity contribution in [3.63, 3.8) is 0 Å². The number of nitrogens with one attached hydrogen (secondary N) is 1. The highest BCUT2D eigenvalue weighted by atomic mass is 127. The summed E-state index contributed by atoms with van der Waals surface area (Å²) in [6, 6.07) is 17.2. The molecule has 178 valence electrons. The summed E-state index contributed by atoms with van der Waals surface area (Å²) in [7, 11) is 1.52. The van der Waals surface area contributed by atoms with Crippen molar-refractivity contribution < 1.29 is 28.6 Å². The van der Waals surface area contributed by atoms with Gasteiger partial charge < -0.3 is 19.0 Å². The van der Waals surface area contributed by atoms with E-state index in [9.17, 15) is 9.59 Å². The number of carboxylic acids is 1. The van der Waals surface area contributed by atoms with E-state index in [1.165, 1.54) is 19.4 Å². The number of benzene rings is 3. The van der Waals surface area contributed by atoms with Gasteiger partial charge in [-0.15, -0.1) is 0 Å². The first-order chi connectivity index (χ1) is 16.8. The van der Waals surface area contributed by atoms with Gasteiger partial charge in [-0.05, 0) is 82.2 Å². The second-order valence-electron chi connectivity index (χ2n) is 7.32. The number of aromatic carboxylic acids is 1. The molecule has 0 aliphatic rings. The molecule has 0 spiro atoms. The fourth-order valence-electron chi connectivity index (χ4n) is 3.25. The number of rotatable bonds is 8. The van der Waals surface area contributed by atoms with E-state index in [-0.39, 0.29) is 17.9 Å². The van der Waals surface area contributed by atoms with Crippen molar-refractivity contribution in [2.45, 2.75) is 6.61 Å². The number of methoxy groups -OCH3 is 1. The largest absolute Gasteiger partial charge is 0.493 e. The lowest BCUT2D eigenvalue weighted by atomic mass is 10.1. The fraction of sp³-hybridized carbons (Fsp3) is 0.0800. The molecule has 1 heterocycles. The molecule has 4 aromatic rings. The molecular formula is C25H18BrIN2O6. The van der Waals surface area contributed by atoms with Gasteiger partial charge in [0.15, 0.2) is 17.3 Å². The third-order valence-electron chi connectivity index (χ3n) is 4.89. The third kappa shape index (κ3) is 6.01. The highest BCUT2D eigenvalue weighted by Crippen LogP contribution is 2.34. The first kappa shape index (κ1) is 24.7. The second kappa shape index (κ2) is 10.9. The molecule has 0 radical (unpaired) electrons. The van der Waals surface area contributed by atoms with E-state index in [1.54, 1.807) is 36.4 Å². The smallest absolute Gasteiger partial charge is 0.335 e. The van der Waals surface area contributed by atoms with Gasteiger partial charge in [0, 0.05) is 9.86 Å². The second-order valence-corrected chi connectivity index (χ2v) is 9.40. The number of carboxylic acid groups (broad SMARTS) is 1. The monoisotopic (exact) mass is 648 g/mol. The minimum atomic E-state index is -0.997. The maximum Gasteiger partial charge on any atom is 0.335 e. The molecule has 0 saturated heterocycles. The predicted octanol–water partition coefficient (Wildman–Crippen LogP) is 5.85. The lowest BCUT2D eigenvalue weighted by Gasteiger charge is -2.14. The number of hydrogen-bond acceptors (Lipinski definition) is 6. The molecule has 3 aromatic carbocycles. The highest BCUT2D eigenvalue weighted by Gasteiger charge is 2.14. The van der Waals surface area contributed by atoms with Crippen molar-refractivity contribution in [2.75, 3.05) is 7.11 Å². The molecule has 0 atom stereocenters. The van der Waals surface area contributed by atoms with Crippen LogP contribution in [0.2, 0.25) is 0 Å². The van der Waals surface area contributed by atoms with Crippen LogP contribution >= 0.6 is 38.5 Å². The van der Waals surface area contributed by atoms with Gasteiger partial charge in [-0.1, -0.05) is 28.1 Å². The first-order valence-electron chi connectivity index (χ1n) is 10.2. The Morgan fingerprint density at radius 2 is 2.00 bits per heavy atom. The maximum atomic E-state index is 12.4. The molecular weight excluding hydrogens is 631 g/mol. The molecule has 35 heavy (non-hydrogen) atoms. The Balaban J connectivity index is 1.44. The summed E-state index contributed by atoms with van der Waals surface area (Å²) in [4.78, 5) is 23.6. The Bertz CT molecular complexity index is 1450. The summed E-state index contributed by atoms with van der Waals surface area (Å²) in [5.74, 6) is -0.328. The summed E-state index contributed by atoms with van der Waals surface area (Å²) in [6.45, 7) is 0.172. The normalized spacial score (nSPS) is 11.1. The first-order valence-corrected chi connectivity index (χ1v) is 12.1. The number of nitrogens with zero attached hydrogens (tertiary/aromatic N) is 1. The van der Waals surface area contributed by atoms with Crippen LogP contribution in [0.5, 0.6) is 11.5 Å². The fourth-order valence-corrected chi connectivity index (χ4v) is 4.41. The average molecular weight is 649 g/mol. The summed E-state index contributed by atoms with van der Waals surface area (Å²) in [6.07, 6.45) is 1.49. The number of hydrazone groups is 1. The third-order valence-corrected chi connectivity index (χ3v) is 6.19. The van der Waals surface area contributed by atoms with Crippen molar-refractivity contribution in [3.8, 4) is 11.5 Å². The minimum Gasteiger partial charge on any atom is -0.493 e. The summed E-state index contributed by atoms with van der Waals surface area (Å²) in [5.41, 5.74) is 4.65. The van der Waals surface area contributed by atoms with Gasteiger partial charge in [0.2, 0.25) is 0 Å². The zero-order valence-corrected chi connectivity index (χ0v) is 22.0. The van der Waals surface area contributed by atoms with Gasteiger partial charge >= 0.3 is 11.9 Å². The van der Waals surface area contributed by atoms with Crippen LogP contribution in [0.25, 0.3) is 11.0 Å². The van der Waals surface area contributed by atoms with Crippen LogP contribution in [0.15, 0.2) is 74.7 Å². The van der Waals surface area contributed by atoms with Gasteiger partial charge in [0.25, 0.3) is 0 Å². The molecule has 0 aliphatic heterocycles. The van der Waals surface area contributed by atoms with E-state index >= 15 is 0 Å². The highest BCUT2D eigenvalue weighted by molar-refractivity contribution is 14.1. The summed E-state index contributed by atoms with van der Waals surface area (Å²) in [5, 5.41) is 14.0. The van der Waals surface area contributed by atoms with E-state index in [1.807, 2.05) is 18.2 Å². The van der Waals surface area contributed by atoms with Gasteiger partial charge in [0.1, 0.15) is 12.2 Å². The van der Waals surface area contributed by atoms with Crippen LogP contribution in [0, 0.1) is 3.57 Å². The number of furan rings is 1. The van der Waals surface area contributed by atoms with E-state index in [4.69, 9.17) is 19.0 Å². The lowest BCUT2D eigenvalue weighted by molar-refractivity contribution is 0.0696. The summed E-state index contributed by atoms with van der Waals surface area (Å²) < 4.78 is 18.6. The van der Waals surface area contributed by atoms with E-state index < -0.39 is 11.9 Å². The molecule has 0 saturated carbocycles. The molecule has 10 heteroatoms. The maximum absolute atomic E-state index is 12.4. The Hall–Kier alpha value is -3.38. The van der Waals surface area contributed by atoms with Crippen molar-refractivity contribution in [2.24, 2.45) is 5.10 Å². The van der Waals surface area contributed by atoms with Crippen LogP contribution < -0.4 is 14.9 Å². The molecule has 4 rings (SSSR count). The molecule has 1 aromatic heterocycles. The molecule has 1 amide bonds. The van der Waals surface area contributed by atoms with Crippen LogP contribution in [-0.2, 0) is 6.61 Å². The van der Waals surface area contributed by atoms with Gasteiger partial charge in [0.05, 0.1) is 22.5 Å². The topological polar surface area (TPSA) is 110 Å². The van der Waals surface area contributed by atoms with Gasteiger partial charge in [-0.25, -0.2) is 10.2 Å². The molecule has 2 N–H and O–H groups in total. The number of fused-ring (bicyclic) bond motifs is 1. The Morgan fingerprint density at radius 3 is 2.77 bits per heavy atom. The molecule has 0 unspecified atom stereocenters. The quantitative estimate of drug-likeness (QED) is 0.141. The van der Waals surface area contributed by atoms with Crippen LogP contribution in [0.4, 0.5) is 0 Å². The SMILES string of the molecule is COc1cc(/C=N/NC(=O)c2cc3cc(Br)ccc3o2)cc(I)c1OCc1cccc(C(=O)O)c1. The number of hydrogen-bond donors (Lipinski definition) is 2. The minimum absolute atomic E-state index is 0.151. The molecule has 0 bridgehead atoms.